The second-order valence-corrected chi connectivity index (χ2v) is 3.01. The monoisotopic (exact) mass is 202 g/mol. The van der Waals surface area contributed by atoms with E-state index in [1.54, 1.807) is 7.05 Å². The maximum absolute atomic E-state index is 5.72. The number of thiol groups is 1. The lowest BCUT2D eigenvalue weighted by Gasteiger charge is -2.16. The third-order valence-corrected chi connectivity index (χ3v) is 1.88. The van der Waals surface area contributed by atoms with Gasteiger partial charge in [-0.05, 0) is 6.42 Å². The molecular weight excluding hydrogens is 184 g/mol. The third kappa shape index (κ3) is 4.77. The molecule has 0 rings (SSSR count). The smallest absolute Gasteiger partial charge is 0.197 e. The Balaban J connectivity index is 4.29. The topological polar surface area (TPSA) is 54.0 Å². The molecule has 0 spiro atoms. The van der Waals surface area contributed by atoms with Crippen molar-refractivity contribution in [2.45, 2.75) is 13.3 Å². The molecule has 0 amide bonds. The first kappa shape index (κ1) is 12.3. The zero-order chi connectivity index (χ0) is 10.3. The Morgan fingerprint density at radius 1 is 1.54 bits per heavy atom. The largest absolute Gasteiger partial charge is 0.369 e. The number of rotatable bonds is 3. The van der Waals surface area contributed by atoms with Gasteiger partial charge in [-0.1, -0.05) is 6.92 Å². The molecule has 0 heterocycles. The van der Waals surface area contributed by atoms with E-state index in [0.717, 1.165) is 13.0 Å². The Bertz CT molecular complexity index is 200. The molecular formula is C8H18N4S. The van der Waals surface area contributed by atoms with Crippen molar-refractivity contribution in [3.8, 4) is 0 Å². The van der Waals surface area contributed by atoms with Crippen LogP contribution in [0.15, 0.2) is 9.98 Å². The summed E-state index contributed by atoms with van der Waals surface area (Å²) >= 11 is 4.08. The second-order valence-electron chi connectivity index (χ2n) is 2.69. The third-order valence-electron chi connectivity index (χ3n) is 1.59. The second kappa shape index (κ2) is 6.77. The van der Waals surface area contributed by atoms with Gasteiger partial charge in [-0.3, -0.25) is 4.99 Å². The van der Waals surface area contributed by atoms with E-state index in [9.17, 15) is 0 Å². The van der Waals surface area contributed by atoms with E-state index in [2.05, 4.69) is 29.5 Å². The molecule has 0 saturated carbocycles. The molecule has 0 aromatic carbocycles. The summed E-state index contributed by atoms with van der Waals surface area (Å²) < 4.78 is 0. The van der Waals surface area contributed by atoms with Crippen LogP contribution < -0.4 is 5.73 Å². The van der Waals surface area contributed by atoms with Crippen LogP contribution in [0.2, 0.25) is 0 Å². The zero-order valence-electron chi connectivity index (χ0n) is 8.49. The summed E-state index contributed by atoms with van der Waals surface area (Å²) in [6.45, 7) is 3.00. The molecule has 0 aromatic heterocycles. The Kier molecular flexibility index (Phi) is 6.40. The summed E-state index contributed by atoms with van der Waals surface area (Å²) in [7, 11) is 3.59. The lowest BCUT2D eigenvalue weighted by Crippen LogP contribution is -2.35. The molecule has 2 N–H and O–H groups in total. The Labute approximate surface area is 85.3 Å². The van der Waals surface area contributed by atoms with E-state index >= 15 is 0 Å². The summed E-state index contributed by atoms with van der Waals surface area (Å²) in [5, 5.41) is 0. The number of guanidine groups is 1. The highest BCUT2D eigenvalue weighted by molar-refractivity contribution is 7.81. The van der Waals surface area contributed by atoms with Gasteiger partial charge in [0.25, 0.3) is 0 Å². The van der Waals surface area contributed by atoms with Crippen LogP contribution >= 0.6 is 12.6 Å². The first-order valence-corrected chi connectivity index (χ1v) is 4.90. The van der Waals surface area contributed by atoms with Gasteiger partial charge in [0.1, 0.15) is 5.84 Å². The predicted octanol–water partition coefficient (Wildman–Crippen LogP) is 0.601. The van der Waals surface area contributed by atoms with Crippen LogP contribution in [0.3, 0.4) is 0 Å². The first-order chi connectivity index (χ1) is 6.15. The fourth-order valence-electron chi connectivity index (χ4n) is 0.824. The Hall–Kier alpha value is -0.710. The molecule has 0 aliphatic rings. The van der Waals surface area contributed by atoms with Crippen molar-refractivity contribution in [1.82, 2.24) is 4.90 Å². The van der Waals surface area contributed by atoms with Crippen molar-refractivity contribution in [2.24, 2.45) is 15.7 Å². The number of amidine groups is 1. The molecule has 0 bridgehead atoms. The summed E-state index contributed by atoms with van der Waals surface area (Å²) in [5.41, 5.74) is 5.72. The molecule has 0 fully saturated rings. The quantitative estimate of drug-likeness (QED) is 0.400. The maximum atomic E-state index is 5.72. The van der Waals surface area contributed by atoms with Crippen LogP contribution in [-0.4, -0.2) is 43.1 Å². The van der Waals surface area contributed by atoms with E-state index < -0.39 is 0 Å². The average molecular weight is 202 g/mol. The minimum atomic E-state index is 0.497. The molecule has 0 atom stereocenters. The van der Waals surface area contributed by atoms with Crippen molar-refractivity contribution in [1.29, 1.82) is 0 Å². The lowest BCUT2D eigenvalue weighted by molar-refractivity contribution is 0.496. The van der Waals surface area contributed by atoms with E-state index in [4.69, 9.17) is 5.73 Å². The zero-order valence-corrected chi connectivity index (χ0v) is 9.38. The number of nitrogens with two attached hydrogens (primary N) is 1. The highest BCUT2D eigenvalue weighted by atomic mass is 32.1. The summed E-state index contributed by atoms with van der Waals surface area (Å²) in [5.74, 6) is 1.66. The van der Waals surface area contributed by atoms with Crippen LogP contribution in [0.5, 0.6) is 0 Å². The molecule has 76 valence electrons. The van der Waals surface area contributed by atoms with Gasteiger partial charge in [0.15, 0.2) is 5.96 Å². The van der Waals surface area contributed by atoms with E-state index in [0.29, 0.717) is 17.5 Å². The predicted molar refractivity (Wildman–Crippen MR) is 61.8 cm³/mol. The first-order valence-electron chi connectivity index (χ1n) is 4.27. The summed E-state index contributed by atoms with van der Waals surface area (Å²) in [6, 6.07) is 0. The molecule has 0 aliphatic heterocycles. The molecule has 0 aromatic rings. The van der Waals surface area contributed by atoms with Crippen molar-refractivity contribution < 1.29 is 0 Å². The molecule has 4 nitrogen and oxygen atoms in total. The lowest BCUT2D eigenvalue weighted by atomic mass is 10.4. The maximum Gasteiger partial charge on any atom is 0.197 e. The van der Waals surface area contributed by atoms with E-state index in [1.165, 1.54) is 0 Å². The molecule has 0 saturated heterocycles. The van der Waals surface area contributed by atoms with E-state index in [-0.39, 0.29) is 0 Å². The van der Waals surface area contributed by atoms with Crippen LogP contribution in [0.4, 0.5) is 0 Å². The fourth-order valence-corrected chi connectivity index (χ4v) is 1.04. The van der Waals surface area contributed by atoms with Gasteiger partial charge < -0.3 is 10.6 Å². The number of aliphatic imine (C=N–C) groups is 2. The Morgan fingerprint density at radius 3 is 2.54 bits per heavy atom. The molecule has 0 aliphatic carbocycles. The van der Waals surface area contributed by atoms with Gasteiger partial charge in [0, 0.05) is 20.6 Å². The van der Waals surface area contributed by atoms with Crippen LogP contribution in [-0.2, 0) is 0 Å². The fraction of sp³-hybridized carbons (Fsp3) is 0.750. The number of nitrogens with zero attached hydrogens (tertiary/aromatic N) is 3. The van der Waals surface area contributed by atoms with Crippen LogP contribution in [0, 0.1) is 0 Å². The average Bonchev–Trinajstić information content (AvgIpc) is 2.14. The van der Waals surface area contributed by atoms with E-state index in [1.807, 2.05) is 11.9 Å². The summed E-state index contributed by atoms with van der Waals surface area (Å²) in [6.07, 6.45) is 1.05. The van der Waals surface area contributed by atoms with Crippen molar-refractivity contribution >= 4 is 24.4 Å². The van der Waals surface area contributed by atoms with Crippen LogP contribution in [0.1, 0.15) is 13.3 Å². The highest BCUT2D eigenvalue weighted by Gasteiger charge is 2.00. The van der Waals surface area contributed by atoms with Gasteiger partial charge in [-0.2, -0.15) is 17.6 Å². The molecule has 5 heteroatoms. The number of hydrogen-bond donors (Lipinski definition) is 2. The summed E-state index contributed by atoms with van der Waals surface area (Å²) in [4.78, 5) is 9.96. The normalized spacial score (nSPS) is 13.2. The van der Waals surface area contributed by atoms with Crippen molar-refractivity contribution in [3.05, 3.63) is 0 Å². The standard InChI is InChI=1S/C8H18N4S/c1-4-5-12(3)8(9)11-7(6-13)10-2/h13H,4-6H2,1-3H3,(H2,9,10,11). The molecule has 0 radical (unpaired) electrons. The van der Waals surface area contributed by atoms with Gasteiger partial charge in [0.05, 0.1) is 5.75 Å². The SMILES string of the molecule is CCCN(C)C(N)=NC(CS)=NC. The molecule has 0 unspecified atom stereocenters. The number of hydrogen-bond acceptors (Lipinski definition) is 2. The van der Waals surface area contributed by atoms with Crippen LogP contribution in [0.25, 0.3) is 0 Å². The minimum Gasteiger partial charge on any atom is -0.369 e. The van der Waals surface area contributed by atoms with Gasteiger partial charge in [-0.15, -0.1) is 0 Å². The van der Waals surface area contributed by atoms with Gasteiger partial charge in [-0.25, -0.2) is 0 Å². The van der Waals surface area contributed by atoms with Gasteiger partial charge >= 0.3 is 0 Å². The molecule has 13 heavy (non-hydrogen) atoms. The highest BCUT2D eigenvalue weighted by Crippen LogP contribution is 1.90. The van der Waals surface area contributed by atoms with Crippen molar-refractivity contribution in [2.75, 3.05) is 26.4 Å². The Morgan fingerprint density at radius 2 is 2.15 bits per heavy atom. The minimum absolute atomic E-state index is 0.497. The van der Waals surface area contributed by atoms with Crippen molar-refractivity contribution in [3.63, 3.8) is 0 Å². The van der Waals surface area contributed by atoms with Gasteiger partial charge in [0.2, 0.25) is 0 Å².